The molecule has 2 N–H and O–H groups in total. The third-order valence-electron chi connectivity index (χ3n) is 2.11. The molecule has 3 nitrogen and oxygen atoms in total. The van der Waals surface area contributed by atoms with Crippen molar-refractivity contribution in [3.05, 3.63) is 36.4 Å². The second-order valence-electron chi connectivity index (χ2n) is 3.36. The lowest BCUT2D eigenvalue weighted by molar-refractivity contribution is 1.29. The minimum atomic E-state index is -1.71. The SMILES string of the molecule is NC(=Nc1ccc2ccccc2n1)C(Cl)(Cl)Cl. The van der Waals surface area contributed by atoms with Crippen LogP contribution in [-0.2, 0) is 0 Å². The van der Waals surface area contributed by atoms with Crippen LogP contribution in [0.25, 0.3) is 10.9 Å². The normalized spacial score (nSPS) is 13.0. The van der Waals surface area contributed by atoms with Crippen LogP contribution >= 0.6 is 34.8 Å². The first kappa shape index (κ1) is 12.4. The highest BCUT2D eigenvalue weighted by molar-refractivity contribution is 6.76. The quantitative estimate of drug-likeness (QED) is 0.495. The predicted octanol–water partition coefficient (Wildman–Crippen LogP) is 3.59. The highest BCUT2D eigenvalue weighted by Gasteiger charge is 2.25. The van der Waals surface area contributed by atoms with Crippen LogP contribution in [-0.4, -0.2) is 14.6 Å². The summed E-state index contributed by atoms with van der Waals surface area (Å²) in [6, 6.07) is 11.2. The number of aliphatic imine (C=N–C) groups is 1. The zero-order valence-corrected chi connectivity index (χ0v) is 10.8. The first-order valence-corrected chi connectivity index (χ1v) is 5.87. The average molecular weight is 289 g/mol. The number of aromatic nitrogens is 1. The van der Waals surface area contributed by atoms with Crippen LogP contribution in [0.4, 0.5) is 5.82 Å². The maximum absolute atomic E-state index is 5.60. The summed E-state index contributed by atoms with van der Waals surface area (Å²) in [5.41, 5.74) is 6.35. The number of fused-ring (bicyclic) bond motifs is 1. The lowest BCUT2D eigenvalue weighted by Gasteiger charge is -2.09. The van der Waals surface area contributed by atoms with Crippen LogP contribution in [0.15, 0.2) is 41.4 Å². The molecule has 1 aromatic carbocycles. The first-order valence-electron chi connectivity index (χ1n) is 4.74. The summed E-state index contributed by atoms with van der Waals surface area (Å²) in [6.45, 7) is 0. The molecule has 0 unspecified atom stereocenters. The van der Waals surface area contributed by atoms with Gasteiger partial charge in [0.05, 0.1) is 5.52 Å². The molecule has 2 rings (SSSR count). The van der Waals surface area contributed by atoms with Gasteiger partial charge in [-0.1, -0.05) is 53.0 Å². The molecule has 17 heavy (non-hydrogen) atoms. The van der Waals surface area contributed by atoms with Crippen molar-refractivity contribution in [2.75, 3.05) is 0 Å². The fourth-order valence-electron chi connectivity index (χ4n) is 1.30. The lowest BCUT2D eigenvalue weighted by Crippen LogP contribution is -2.27. The number of alkyl halides is 3. The molecule has 0 aliphatic carbocycles. The molecule has 1 heterocycles. The Kier molecular flexibility index (Phi) is 3.43. The number of halogens is 3. The van der Waals surface area contributed by atoms with E-state index in [1.807, 2.05) is 30.3 Å². The van der Waals surface area contributed by atoms with Crippen LogP contribution in [0.2, 0.25) is 0 Å². The molecule has 0 amide bonds. The van der Waals surface area contributed by atoms with Crippen molar-refractivity contribution in [1.29, 1.82) is 0 Å². The van der Waals surface area contributed by atoms with Gasteiger partial charge in [0.15, 0.2) is 11.7 Å². The summed E-state index contributed by atoms with van der Waals surface area (Å²) < 4.78 is -1.71. The zero-order chi connectivity index (χ0) is 12.5. The van der Waals surface area contributed by atoms with Crippen LogP contribution in [0.5, 0.6) is 0 Å². The van der Waals surface area contributed by atoms with Crippen molar-refractivity contribution in [1.82, 2.24) is 4.98 Å². The van der Waals surface area contributed by atoms with Crippen molar-refractivity contribution in [2.24, 2.45) is 10.7 Å². The summed E-state index contributed by atoms with van der Waals surface area (Å²) in [4.78, 5) is 8.25. The van der Waals surface area contributed by atoms with Crippen molar-refractivity contribution >= 4 is 57.4 Å². The molecule has 0 atom stereocenters. The molecule has 0 aliphatic rings. The molecule has 0 fully saturated rings. The summed E-state index contributed by atoms with van der Waals surface area (Å²) in [5.74, 6) is 0.304. The number of amidine groups is 1. The highest BCUT2D eigenvalue weighted by Crippen LogP contribution is 2.27. The van der Waals surface area contributed by atoms with Gasteiger partial charge in [-0.05, 0) is 18.2 Å². The van der Waals surface area contributed by atoms with E-state index in [0.717, 1.165) is 10.9 Å². The Morgan fingerprint density at radius 2 is 1.82 bits per heavy atom. The van der Waals surface area contributed by atoms with Gasteiger partial charge >= 0.3 is 0 Å². The molecule has 0 saturated heterocycles. The lowest BCUT2D eigenvalue weighted by atomic mass is 10.2. The summed E-state index contributed by atoms with van der Waals surface area (Å²) in [7, 11) is 0. The smallest absolute Gasteiger partial charge is 0.247 e. The summed E-state index contributed by atoms with van der Waals surface area (Å²) >= 11 is 16.8. The standard InChI is InChI=1S/C11H8Cl3N3/c12-11(13,14)10(15)17-9-6-5-7-3-1-2-4-8(7)16-9/h1-6H,(H2,15,16,17). The molecular formula is C11H8Cl3N3. The van der Waals surface area contributed by atoms with E-state index in [1.54, 1.807) is 6.07 Å². The molecule has 88 valence electrons. The molecular weight excluding hydrogens is 281 g/mol. The monoisotopic (exact) mass is 287 g/mol. The fraction of sp³-hybridized carbons (Fsp3) is 0.0909. The van der Waals surface area contributed by atoms with E-state index in [9.17, 15) is 0 Å². The van der Waals surface area contributed by atoms with Crippen LogP contribution < -0.4 is 5.73 Å². The van der Waals surface area contributed by atoms with E-state index in [0.29, 0.717) is 5.82 Å². The molecule has 6 heteroatoms. The van der Waals surface area contributed by atoms with Crippen LogP contribution in [0, 0.1) is 0 Å². The zero-order valence-electron chi connectivity index (χ0n) is 8.57. The van der Waals surface area contributed by atoms with Gasteiger partial charge in [-0.25, -0.2) is 9.98 Å². The van der Waals surface area contributed by atoms with E-state index in [4.69, 9.17) is 40.5 Å². The van der Waals surface area contributed by atoms with Gasteiger partial charge in [-0.3, -0.25) is 0 Å². The summed E-state index contributed by atoms with van der Waals surface area (Å²) in [6.07, 6.45) is 0. The second kappa shape index (κ2) is 4.69. The molecule has 0 spiro atoms. The van der Waals surface area contributed by atoms with Gasteiger partial charge in [0.1, 0.15) is 0 Å². The van der Waals surface area contributed by atoms with Crippen molar-refractivity contribution in [2.45, 2.75) is 3.79 Å². The number of rotatable bonds is 1. The van der Waals surface area contributed by atoms with Gasteiger partial charge in [0.2, 0.25) is 3.79 Å². The van der Waals surface area contributed by atoms with E-state index in [1.165, 1.54) is 0 Å². The number of nitrogens with two attached hydrogens (primary N) is 1. The van der Waals surface area contributed by atoms with Crippen molar-refractivity contribution in [3.8, 4) is 0 Å². The Labute approximate surface area is 113 Å². The molecule has 0 aliphatic heterocycles. The van der Waals surface area contributed by atoms with Crippen LogP contribution in [0.1, 0.15) is 0 Å². The van der Waals surface area contributed by atoms with Gasteiger partial charge in [0.25, 0.3) is 0 Å². The molecule has 2 aromatic rings. The number of pyridine rings is 1. The van der Waals surface area contributed by atoms with Crippen molar-refractivity contribution < 1.29 is 0 Å². The highest BCUT2D eigenvalue weighted by atomic mass is 35.6. The predicted molar refractivity (Wildman–Crippen MR) is 73.3 cm³/mol. The maximum atomic E-state index is 5.60. The molecule has 0 radical (unpaired) electrons. The Morgan fingerprint density at radius 3 is 2.53 bits per heavy atom. The fourth-order valence-corrected chi connectivity index (χ4v) is 1.43. The Morgan fingerprint density at radius 1 is 1.12 bits per heavy atom. The van der Waals surface area contributed by atoms with Crippen molar-refractivity contribution in [3.63, 3.8) is 0 Å². The topological polar surface area (TPSA) is 51.3 Å². The number of hydrogen-bond donors (Lipinski definition) is 1. The van der Waals surface area contributed by atoms with E-state index < -0.39 is 3.79 Å². The molecule has 0 bridgehead atoms. The largest absolute Gasteiger partial charge is 0.383 e. The number of para-hydroxylation sites is 1. The Balaban J connectivity index is 2.44. The third-order valence-corrected chi connectivity index (χ3v) is 2.69. The summed E-state index contributed by atoms with van der Waals surface area (Å²) in [5, 5.41) is 1.01. The van der Waals surface area contributed by atoms with Gasteiger partial charge in [0, 0.05) is 5.39 Å². The van der Waals surface area contributed by atoms with Gasteiger partial charge in [-0.15, -0.1) is 0 Å². The van der Waals surface area contributed by atoms with Gasteiger partial charge in [-0.2, -0.15) is 0 Å². The number of nitrogens with zero attached hydrogens (tertiary/aromatic N) is 2. The molecule has 0 saturated carbocycles. The Bertz CT molecular complexity index is 575. The van der Waals surface area contributed by atoms with E-state index in [2.05, 4.69) is 9.98 Å². The minimum absolute atomic E-state index is 0.106. The molecule has 1 aromatic heterocycles. The van der Waals surface area contributed by atoms with Crippen LogP contribution in [0.3, 0.4) is 0 Å². The number of hydrogen-bond acceptors (Lipinski definition) is 2. The van der Waals surface area contributed by atoms with Gasteiger partial charge < -0.3 is 5.73 Å². The van der Waals surface area contributed by atoms with E-state index >= 15 is 0 Å². The minimum Gasteiger partial charge on any atom is -0.383 e. The second-order valence-corrected chi connectivity index (χ2v) is 5.64. The average Bonchev–Trinajstić information content (AvgIpc) is 2.27. The maximum Gasteiger partial charge on any atom is 0.247 e. The number of benzene rings is 1. The third kappa shape index (κ3) is 3.00. The first-order chi connectivity index (χ1) is 7.97. The van der Waals surface area contributed by atoms with E-state index in [-0.39, 0.29) is 5.84 Å². The Hall–Kier alpha value is -1.03.